The molecule has 1 saturated heterocycles. The summed E-state index contributed by atoms with van der Waals surface area (Å²) in [5, 5.41) is 9.22. The molecular weight excluding hydrogens is 258 g/mol. The number of hydrogen-bond acceptors (Lipinski definition) is 3. The van der Waals surface area contributed by atoms with Gasteiger partial charge in [-0.1, -0.05) is 24.6 Å². The molecule has 3 nitrogen and oxygen atoms in total. The molecule has 1 fully saturated rings. The number of carbonyl (C=O) groups excluding carboxylic acids is 1. The number of anilines is 1. The van der Waals surface area contributed by atoms with Gasteiger partial charge in [-0.3, -0.25) is 4.79 Å². The molecule has 0 radical (unpaired) electrons. The van der Waals surface area contributed by atoms with Crippen molar-refractivity contribution in [2.45, 2.75) is 37.2 Å². The zero-order valence-corrected chi connectivity index (χ0v) is 12.3. The molecule has 0 aliphatic carbocycles. The number of nitrogens with zero attached hydrogens (tertiary/aromatic N) is 1. The molecule has 0 spiro atoms. The lowest BCUT2D eigenvalue weighted by Gasteiger charge is -2.33. The van der Waals surface area contributed by atoms with Gasteiger partial charge in [0.2, 0.25) is 5.91 Å². The van der Waals surface area contributed by atoms with Crippen molar-refractivity contribution in [2.75, 3.05) is 18.1 Å². The maximum absolute atomic E-state index is 12.5. The molecule has 1 aliphatic rings. The molecule has 0 unspecified atom stereocenters. The summed E-state index contributed by atoms with van der Waals surface area (Å²) in [6.45, 7) is 4.93. The lowest BCUT2D eigenvalue weighted by Crippen LogP contribution is -2.43. The second-order valence-corrected chi connectivity index (χ2v) is 6.73. The zero-order chi connectivity index (χ0) is 13.8. The molecule has 0 aromatic heterocycles. The largest absolute Gasteiger partial charge is 0.395 e. The Balaban J connectivity index is 2.09. The summed E-state index contributed by atoms with van der Waals surface area (Å²) in [6, 6.07) is 8.09. The van der Waals surface area contributed by atoms with Crippen LogP contribution in [0.25, 0.3) is 0 Å². The van der Waals surface area contributed by atoms with E-state index >= 15 is 0 Å². The summed E-state index contributed by atoms with van der Waals surface area (Å²) in [4.78, 5) is 14.4. The van der Waals surface area contributed by atoms with Crippen molar-refractivity contribution in [1.82, 2.24) is 0 Å². The molecule has 19 heavy (non-hydrogen) atoms. The molecule has 2 rings (SSSR count). The van der Waals surface area contributed by atoms with Crippen LogP contribution in [0.15, 0.2) is 24.3 Å². The fourth-order valence-corrected chi connectivity index (χ4v) is 3.47. The first-order valence-electron chi connectivity index (χ1n) is 6.76. The summed E-state index contributed by atoms with van der Waals surface area (Å²) in [7, 11) is 0. The van der Waals surface area contributed by atoms with Crippen molar-refractivity contribution >= 4 is 23.4 Å². The number of aliphatic hydroxyl groups is 1. The molecule has 0 saturated carbocycles. The molecule has 1 amide bonds. The highest BCUT2D eigenvalue weighted by molar-refractivity contribution is 8.01. The summed E-state index contributed by atoms with van der Waals surface area (Å²) in [5.74, 6) is 0.181. The van der Waals surface area contributed by atoms with Gasteiger partial charge in [-0.2, -0.15) is 0 Å². The molecule has 0 bridgehead atoms. The van der Waals surface area contributed by atoms with Gasteiger partial charge >= 0.3 is 0 Å². The molecule has 1 aromatic rings. The van der Waals surface area contributed by atoms with Gasteiger partial charge in [0.25, 0.3) is 0 Å². The Bertz CT molecular complexity index is 432. The van der Waals surface area contributed by atoms with E-state index in [1.165, 1.54) is 5.56 Å². The van der Waals surface area contributed by atoms with Crippen molar-refractivity contribution in [3.8, 4) is 0 Å². The van der Waals surface area contributed by atoms with E-state index < -0.39 is 0 Å². The summed E-state index contributed by atoms with van der Waals surface area (Å²) in [6.07, 6.45) is 1.94. The number of amides is 1. The van der Waals surface area contributed by atoms with Crippen LogP contribution in [0.4, 0.5) is 5.69 Å². The molecule has 2 atom stereocenters. The van der Waals surface area contributed by atoms with Crippen molar-refractivity contribution in [2.24, 2.45) is 0 Å². The number of rotatable bonds is 4. The highest BCUT2D eigenvalue weighted by Crippen LogP contribution is 2.30. The molecule has 1 aromatic carbocycles. The van der Waals surface area contributed by atoms with Gasteiger partial charge in [0.15, 0.2) is 0 Å². The minimum absolute atomic E-state index is 0.0165. The van der Waals surface area contributed by atoms with E-state index in [4.69, 9.17) is 5.11 Å². The number of carbonyl (C=O) groups is 1. The predicted molar refractivity (Wildman–Crippen MR) is 80.7 cm³/mol. The minimum Gasteiger partial charge on any atom is -0.395 e. The monoisotopic (exact) mass is 279 g/mol. The number of benzene rings is 1. The maximum Gasteiger partial charge on any atom is 0.240 e. The van der Waals surface area contributed by atoms with E-state index in [0.29, 0.717) is 0 Å². The van der Waals surface area contributed by atoms with E-state index in [-0.39, 0.29) is 23.0 Å². The third kappa shape index (κ3) is 3.51. The van der Waals surface area contributed by atoms with Crippen LogP contribution in [0.5, 0.6) is 0 Å². The predicted octanol–water partition coefficient (Wildman–Crippen LogP) is 2.60. The van der Waals surface area contributed by atoms with Crippen LogP contribution in [0.2, 0.25) is 0 Å². The number of aliphatic hydroxyl groups excluding tert-OH is 1. The first-order chi connectivity index (χ1) is 9.11. The molecule has 104 valence electrons. The normalized spacial score (nSPS) is 21.5. The SMILES string of the molecule is Cc1ccc(N2CCC[C@H](S[C@H](C)CO)C2=O)cc1. The van der Waals surface area contributed by atoms with Crippen LogP contribution in [0.3, 0.4) is 0 Å². The van der Waals surface area contributed by atoms with Crippen LogP contribution >= 0.6 is 11.8 Å². The first kappa shape index (κ1) is 14.4. The van der Waals surface area contributed by atoms with Gasteiger partial charge in [-0.25, -0.2) is 0 Å². The molecule has 1 heterocycles. The molecule has 4 heteroatoms. The van der Waals surface area contributed by atoms with Crippen molar-refractivity contribution in [1.29, 1.82) is 0 Å². The van der Waals surface area contributed by atoms with Gasteiger partial charge in [0.05, 0.1) is 11.9 Å². The summed E-state index contributed by atoms with van der Waals surface area (Å²) >= 11 is 1.59. The van der Waals surface area contributed by atoms with Crippen LogP contribution in [-0.4, -0.2) is 34.7 Å². The Labute approximate surface area is 119 Å². The number of thioether (sulfide) groups is 1. The smallest absolute Gasteiger partial charge is 0.240 e. The first-order valence-corrected chi connectivity index (χ1v) is 7.70. The Morgan fingerprint density at radius 2 is 2.11 bits per heavy atom. The number of piperidine rings is 1. The highest BCUT2D eigenvalue weighted by atomic mass is 32.2. The van der Waals surface area contributed by atoms with E-state index in [0.717, 1.165) is 25.1 Å². The third-order valence-electron chi connectivity index (χ3n) is 3.39. The van der Waals surface area contributed by atoms with Crippen LogP contribution in [0.1, 0.15) is 25.3 Å². The van der Waals surface area contributed by atoms with Crippen molar-refractivity contribution in [3.05, 3.63) is 29.8 Å². The Hall–Kier alpha value is -1.00. The molecular formula is C15H21NO2S. The van der Waals surface area contributed by atoms with Crippen molar-refractivity contribution in [3.63, 3.8) is 0 Å². The zero-order valence-electron chi connectivity index (χ0n) is 11.5. The Morgan fingerprint density at radius 1 is 1.42 bits per heavy atom. The summed E-state index contributed by atoms with van der Waals surface area (Å²) < 4.78 is 0. The minimum atomic E-state index is -0.0165. The standard InChI is InChI=1S/C15H21NO2S/c1-11-5-7-13(8-6-11)16-9-3-4-14(15(16)18)19-12(2)10-17/h5-8,12,14,17H,3-4,9-10H2,1-2H3/t12-,14+/m1/s1. The maximum atomic E-state index is 12.5. The van der Waals surface area contributed by atoms with E-state index in [9.17, 15) is 4.79 Å². The van der Waals surface area contributed by atoms with E-state index in [1.807, 2.05) is 43.0 Å². The third-order valence-corrected chi connectivity index (χ3v) is 4.77. The average Bonchev–Trinajstić information content (AvgIpc) is 2.42. The van der Waals surface area contributed by atoms with Gasteiger partial charge in [0.1, 0.15) is 0 Å². The Kier molecular flexibility index (Phi) is 4.88. The van der Waals surface area contributed by atoms with E-state index in [1.54, 1.807) is 11.8 Å². The van der Waals surface area contributed by atoms with Crippen molar-refractivity contribution < 1.29 is 9.90 Å². The van der Waals surface area contributed by atoms with E-state index in [2.05, 4.69) is 0 Å². The van der Waals surface area contributed by atoms with Crippen LogP contribution < -0.4 is 4.90 Å². The quantitative estimate of drug-likeness (QED) is 0.921. The average molecular weight is 279 g/mol. The number of hydrogen-bond donors (Lipinski definition) is 1. The van der Waals surface area contributed by atoms with Gasteiger partial charge in [-0.15, -0.1) is 11.8 Å². The number of aryl methyl sites for hydroxylation is 1. The lowest BCUT2D eigenvalue weighted by atomic mass is 10.1. The van der Waals surface area contributed by atoms with Gasteiger partial charge in [-0.05, 0) is 31.9 Å². The second kappa shape index (κ2) is 6.44. The topological polar surface area (TPSA) is 40.5 Å². The van der Waals surface area contributed by atoms with Gasteiger partial charge in [0, 0.05) is 17.5 Å². The fraction of sp³-hybridized carbons (Fsp3) is 0.533. The van der Waals surface area contributed by atoms with Gasteiger partial charge < -0.3 is 10.0 Å². The fourth-order valence-electron chi connectivity index (χ4n) is 2.27. The lowest BCUT2D eigenvalue weighted by molar-refractivity contribution is -0.119. The second-order valence-electron chi connectivity index (χ2n) is 5.09. The van der Waals surface area contributed by atoms with Crippen LogP contribution in [0, 0.1) is 6.92 Å². The molecule has 1 N–H and O–H groups in total. The molecule has 1 aliphatic heterocycles. The van der Waals surface area contributed by atoms with Crippen LogP contribution in [-0.2, 0) is 4.79 Å². The summed E-state index contributed by atoms with van der Waals surface area (Å²) in [5.41, 5.74) is 2.19. The highest BCUT2D eigenvalue weighted by Gasteiger charge is 2.30. The Morgan fingerprint density at radius 3 is 2.74 bits per heavy atom.